The normalized spacial score (nSPS) is 13.6. The van der Waals surface area contributed by atoms with Crippen molar-refractivity contribution in [1.82, 2.24) is 0 Å². The van der Waals surface area contributed by atoms with Crippen LogP contribution in [0.2, 0.25) is 0 Å². The SMILES string of the molecule is O=C(O)CN1C(=O)c2ccccc2N(C(=O)C(F)(F)F)c2ccc(CBr)cc21. The Balaban J connectivity index is 2.36. The van der Waals surface area contributed by atoms with E-state index in [1.165, 1.54) is 42.5 Å². The molecule has 0 saturated heterocycles. The van der Waals surface area contributed by atoms with Gasteiger partial charge in [-0.1, -0.05) is 34.1 Å². The van der Waals surface area contributed by atoms with Crippen molar-refractivity contribution < 1.29 is 32.7 Å². The van der Waals surface area contributed by atoms with Crippen molar-refractivity contribution >= 4 is 50.8 Å². The number of carboxylic acids is 1. The lowest BCUT2D eigenvalue weighted by Gasteiger charge is -2.26. The molecule has 0 spiro atoms. The minimum absolute atomic E-state index is 0.0989. The maximum Gasteiger partial charge on any atom is 0.472 e. The van der Waals surface area contributed by atoms with Crippen LogP contribution in [0.15, 0.2) is 42.5 Å². The summed E-state index contributed by atoms with van der Waals surface area (Å²) in [5.74, 6) is -4.35. The number of hydrogen-bond donors (Lipinski definition) is 1. The molecule has 0 aromatic heterocycles. The van der Waals surface area contributed by atoms with Gasteiger partial charge in [-0.3, -0.25) is 24.2 Å². The Hall–Kier alpha value is -2.88. The Morgan fingerprint density at radius 2 is 1.71 bits per heavy atom. The summed E-state index contributed by atoms with van der Waals surface area (Å²) >= 11 is 3.21. The van der Waals surface area contributed by atoms with Crippen LogP contribution < -0.4 is 9.80 Å². The molecule has 2 aromatic rings. The molecular formula is C18H12BrF3N2O4. The van der Waals surface area contributed by atoms with Crippen molar-refractivity contribution in [1.29, 1.82) is 0 Å². The maximum atomic E-state index is 13.3. The zero-order valence-electron chi connectivity index (χ0n) is 14.0. The quantitative estimate of drug-likeness (QED) is 0.711. The fourth-order valence-corrected chi connectivity index (χ4v) is 3.28. The number of fused-ring (bicyclic) bond motifs is 2. The molecule has 1 heterocycles. The van der Waals surface area contributed by atoms with Gasteiger partial charge in [0.1, 0.15) is 6.54 Å². The Bertz CT molecular complexity index is 978. The molecule has 0 bridgehead atoms. The standard InChI is InChI=1S/C18H12BrF3N2O4/c19-8-10-5-6-13-14(7-10)23(9-15(25)26)16(27)11-3-1-2-4-12(11)24(13)17(28)18(20,21)22/h1-7H,8-9H2,(H,25,26). The van der Waals surface area contributed by atoms with Gasteiger partial charge in [-0.15, -0.1) is 0 Å². The number of rotatable bonds is 3. The van der Waals surface area contributed by atoms with Crippen molar-refractivity contribution in [2.45, 2.75) is 11.5 Å². The summed E-state index contributed by atoms with van der Waals surface area (Å²) in [6, 6.07) is 9.41. The van der Waals surface area contributed by atoms with E-state index < -0.39 is 30.5 Å². The van der Waals surface area contributed by atoms with Gasteiger partial charge in [-0.05, 0) is 29.8 Å². The summed E-state index contributed by atoms with van der Waals surface area (Å²) < 4.78 is 39.9. The number of anilines is 3. The first-order chi connectivity index (χ1) is 13.1. The van der Waals surface area contributed by atoms with E-state index in [4.69, 9.17) is 0 Å². The molecule has 0 unspecified atom stereocenters. The first-order valence-corrected chi connectivity index (χ1v) is 9.00. The molecule has 6 nitrogen and oxygen atoms in total. The summed E-state index contributed by atoms with van der Waals surface area (Å²) in [5.41, 5.74) is -0.217. The Morgan fingerprint density at radius 1 is 1.04 bits per heavy atom. The van der Waals surface area contributed by atoms with E-state index in [0.717, 1.165) is 4.90 Å². The highest BCUT2D eigenvalue weighted by molar-refractivity contribution is 9.08. The van der Waals surface area contributed by atoms with Crippen LogP contribution in [0.3, 0.4) is 0 Å². The number of hydrogen-bond acceptors (Lipinski definition) is 3. The van der Waals surface area contributed by atoms with E-state index in [9.17, 15) is 32.7 Å². The molecule has 28 heavy (non-hydrogen) atoms. The second-order valence-corrected chi connectivity index (χ2v) is 6.46. The van der Waals surface area contributed by atoms with E-state index in [2.05, 4.69) is 15.9 Å². The number of carbonyl (C=O) groups excluding carboxylic acids is 2. The van der Waals surface area contributed by atoms with E-state index in [1.807, 2.05) is 0 Å². The van der Waals surface area contributed by atoms with Gasteiger partial charge in [0.05, 0.1) is 22.6 Å². The number of alkyl halides is 4. The number of para-hydroxylation sites is 1. The Kier molecular flexibility index (Phi) is 5.16. The van der Waals surface area contributed by atoms with Crippen molar-refractivity contribution in [2.24, 2.45) is 0 Å². The number of aliphatic carboxylic acids is 1. The monoisotopic (exact) mass is 456 g/mol. The molecule has 0 saturated carbocycles. The van der Waals surface area contributed by atoms with Gasteiger partial charge in [0.15, 0.2) is 0 Å². The van der Waals surface area contributed by atoms with Crippen LogP contribution in [0.5, 0.6) is 0 Å². The number of carbonyl (C=O) groups is 3. The van der Waals surface area contributed by atoms with Crippen LogP contribution in [-0.4, -0.2) is 35.6 Å². The van der Waals surface area contributed by atoms with E-state index >= 15 is 0 Å². The lowest BCUT2D eigenvalue weighted by molar-refractivity contribution is -0.169. The second kappa shape index (κ2) is 7.27. The topological polar surface area (TPSA) is 77.9 Å². The van der Waals surface area contributed by atoms with Gasteiger partial charge < -0.3 is 5.11 Å². The predicted molar refractivity (Wildman–Crippen MR) is 98.0 cm³/mol. The van der Waals surface area contributed by atoms with E-state index in [0.29, 0.717) is 15.8 Å². The van der Waals surface area contributed by atoms with Crippen LogP contribution in [0.25, 0.3) is 0 Å². The Morgan fingerprint density at radius 3 is 2.32 bits per heavy atom. The van der Waals surface area contributed by atoms with Gasteiger partial charge >= 0.3 is 18.1 Å². The molecular weight excluding hydrogens is 445 g/mol. The third-order valence-corrected chi connectivity index (χ3v) is 4.73. The molecule has 0 fully saturated rings. The van der Waals surface area contributed by atoms with Crippen LogP contribution in [-0.2, 0) is 14.9 Å². The summed E-state index contributed by atoms with van der Waals surface area (Å²) in [7, 11) is 0. The summed E-state index contributed by atoms with van der Waals surface area (Å²) in [6.07, 6.45) is -5.20. The van der Waals surface area contributed by atoms with Crippen molar-refractivity contribution in [3.8, 4) is 0 Å². The lowest BCUT2D eigenvalue weighted by atomic mass is 10.1. The third-order valence-electron chi connectivity index (χ3n) is 4.09. The highest BCUT2D eigenvalue weighted by Crippen LogP contribution is 2.43. The average molecular weight is 457 g/mol. The predicted octanol–water partition coefficient (Wildman–Crippen LogP) is 3.85. The van der Waals surface area contributed by atoms with Gasteiger partial charge in [-0.25, -0.2) is 0 Å². The molecule has 10 heteroatoms. The average Bonchev–Trinajstić information content (AvgIpc) is 2.74. The fraction of sp³-hybridized carbons (Fsp3) is 0.167. The minimum atomic E-state index is -5.20. The molecule has 0 aliphatic carbocycles. The van der Waals surface area contributed by atoms with Crippen molar-refractivity contribution in [2.75, 3.05) is 16.3 Å². The summed E-state index contributed by atoms with van der Waals surface area (Å²) in [4.78, 5) is 37.8. The van der Waals surface area contributed by atoms with Gasteiger partial charge in [0.2, 0.25) is 0 Å². The molecule has 2 amide bonds. The van der Waals surface area contributed by atoms with Crippen LogP contribution >= 0.6 is 15.9 Å². The largest absolute Gasteiger partial charge is 0.480 e. The smallest absolute Gasteiger partial charge is 0.472 e. The number of benzene rings is 2. The molecule has 0 radical (unpaired) electrons. The summed E-state index contributed by atoms with van der Waals surface area (Å²) in [5, 5.41) is 9.53. The fourth-order valence-electron chi connectivity index (χ4n) is 2.93. The molecule has 2 aromatic carbocycles. The van der Waals surface area contributed by atoms with Crippen molar-refractivity contribution in [3.05, 3.63) is 53.6 Å². The molecule has 0 atom stereocenters. The minimum Gasteiger partial charge on any atom is -0.480 e. The first kappa shape index (κ1) is 19.9. The van der Waals surface area contributed by atoms with Crippen LogP contribution in [0, 0.1) is 0 Å². The highest BCUT2D eigenvalue weighted by atomic mass is 79.9. The third kappa shape index (κ3) is 3.47. The van der Waals surface area contributed by atoms with Gasteiger partial charge in [0.25, 0.3) is 5.91 Å². The molecule has 1 N–H and O–H groups in total. The first-order valence-electron chi connectivity index (χ1n) is 7.88. The van der Waals surface area contributed by atoms with Crippen LogP contribution in [0.4, 0.5) is 30.2 Å². The Labute approximate surface area is 165 Å². The van der Waals surface area contributed by atoms with E-state index in [1.54, 1.807) is 0 Å². The second-order valence-electron chi connectivity index (χ2n) is 5.90. The van der Waals surface area contributed by atoms with Gasteiger partial charge in [-0.2, -0.15) is 13.2 Å². The van der Waals surface area contributed by atoms with E-state index in [-0.39, 0.29) is 22.6 Å². The van der Waals surface area contributed by atoms with Gasteiger partial charge in [0, 0.05) is 5.33 Å². The maximum absolute atomic E-state index is 13.3. The zero-order valence-corrected chi connectivity index (χ0v) is 15.6. The lowest BCUT2D eigenvalue weighted by Crippen LogP contribution is -2.38. The zero-order chi connectivity index (χ0) is 20.6. The number of amides is 2. The molecule has 1 aliphatic rings. The molecule has 1 aliphatic heterocycles. The number of carboxylic acid groups (broad SMARTS) is 1. The molecule has 3 rings (SSSR count). The summed E-state index contributed by atoms with van der Waals surface area (Å²) in [6.45, 7) is -0.778. The number of nitrogens with zero attached hydrogens (tertiary/aromatic N) is 2. The number of halogens is 4. The molecule has 146 valence electrons. The van der Waals surface area contributed by atoms with Crippen LogP contribution in [0.1, 0.15) is 15.9 Å². The van der Waals surface area contributed by atoms with Crippen molar-refractivity contribution in [3.63, 3.8) is 0 Å². The highest BCUT2D eigenvalue weighted by Gasteiger charge is 2.46.